The first kappa shape index (κ1) is 19.4. The summed E-state index contributed by atoms with van der Waals surface area (Å²) in [5, 5.41) is 0.479. The molecule has 0 aliphatic heterocycles. The Labute approximate surface area is 135 Å². The van der Waals surface area contributed by atoms with Crippen LogP contribution in [-0.4, -0.2) is 11.0 Å². The molecule has 0 saturated carbocycles. The molecule has 0 fully saturated rings. The van der Waals surface area contributed by atoms with Crippen LogP contribution in [0, 0.1) is 6.92 Å². The fourth-order valence-corrected chi connectivity index (χ4v) is 4.65. The van der Waals surface area contributed by atoms with Gasteiger partial charge in [0, 0.05) is 0 Å². The molecule has 4 heteroatoms. The van der Waals surface area contributed by atoms with Gasteiger partial charge >= 0.3 is 7.60 Å². The lowest BCUT2D eigenvalue weighted by atomic mass is 9.79. The van der Waals surface area contributed by atoms with E-state index in [9.17, 15) is 9.46 Å². The van der Waals surface area contributed by atoms with Crippen molar-refractivity contribution in [1.29, 1.82) is 0 Å². The van der Waals surface area contributed by atoms with Crippen molar-refractivity contribution in [3.8, 4) is 0 Å². The smallest absolute Gasteiger partial charge is 0.321 e. The first-order valence-electron chi connectivity index (χ1n) is 7.83. The largest absolute Gasteiger partial charge is 0.359 e. The highest BCUT2D eigenvalue weighted by atomic mass is 31.2. The van der Waals surface area contributed by atoms with Gasteiger partial charge in [-0.05, 0) is 42.7 Å². The summed E-state index contributed by atoms with van der Waals surface area (Å²) in [7, 11) is -3.89. The van der Waals surface area contributed by atoms with E-state index >= 15 is 0 Å². The minimum Gasteiger partial charge on any atom is -0.321 e. The van der Waals surface area contributed by atoms with Crippen molar-refractivity contribution in [3.05, 3.63) is 28.8 Å². The van der Waals surface area contributed by atoms with E-state index in [4.69, 9.17) is 4.52 Å². The SMILES string of the molecule is Cc1cc(C(C)(C)C)c(P(=O)(O)OC(C)C)c(C(C)(C)C)c1. The third kappa shape index (κ3) is 4.44. The summed E-state index contributed by atoms with van der Waals surface area (Å²) in [6, 6.07) is 4.02. The molecule has 1 aromatic carbocycles. The van der Waals surface area contributed by atoms with Crippen molar-refractivity contribution >= 4 is 12.9 Å². The lowest BCUT2D eigenvalue weighted by Crippen LogP contribution is -2.32. The zero-order valence-electron chi connectivity index (χ0n) is 15.4. The zero-order valence-corrected chi connectivity index (χ0v) is 16.3. The van der Waals surface area contributed by atoms with Crippen molar-refractivity contribution in [3.63, 3.8) is 0 Å². The van der Waals surface area contributed by atoms with E-state index in [0.29, 0.717) is 5.30 Å². The van der Waals surface area contributed by atoms with Gasteiger partial charge in [0.05, 0.1) is 11.4 Å². The van der Waals surface area contributed by atoms with Gasteiger partial charge in [-0.2, -0.15) is 0 Å². The van der Waals surface area contributed by atoms with E-state index in [1.54, 1.807) is 13.8 Å². The van der Waals surface area contributed by atoms with E-state index in [-0.39, 0.29) is 16.9 Å². The number of benzene rings is 1. The first-order chi connectivity index (χ1) is 9.66. The highest BCUT2D eigenvalue weighted by Gasteiger charge is 2.37. The van der Waals surface area contributed by atoms with Crippen LogP contribution in [0.25, 0.3) is 0 Å². The Morgan fingerprint density at radius 1 is 1.00 bits per heavy atom. The maximum atomic E-state index is 13.0. The van der Waals surface area contributed by atoms with Crippen molar-refractivity contribution in [2.45, 2.75) is 79.2 Å². The molecule has 3 nitrogen and oxygen atoms in total. The Bertz CT molecular complexity index is 554. The molecule has 1 atom stereocenters. The number of aryl methyl sites for hydroxylation is 1. The van der Waals surface area contributed by atoms with Crippen LogP contribution in [-0.2, 0) is 19.9 Å². The second kappa shape index (κ2) is 6.11. The van der Waals surface area contributed by atoms with Crippen LogP contribution in [0.1, 0.15) is 72.1 Å². The molecule has 0 aromatic heterocycles. The molecule has 0 aliphatic carbocycles. The van der Waals surface area contributed by atoms with Crippen molar-refractivity contribution in [1.82, 2.24) is 0 Å². The maximum Gasteiger partial charge on any atom is 0.359 e. The Kier molecular flexibility index (Phi) is 5.39. The van der Waals surface area contributed by atoms with Crippen molar-refractivity contribution in [2.24, 2.45) is 0 Å². The lowest BCUT2D eigenvalue weighted by Gasteiger charge is -2.32. The molecule has 0 radical (unpaired) electrons. The summed E-state index contributed by atoms with van der Waals surface area (Å²) < 4.78 is 18.5. The molecule has 1 N–H and O–H groups in total. The summed E-state index contributed by atoms with van der Waals surface area (Å²) in [6.07, 6.45) is -0.308. The van der Waals surface area contributed by atoms with E-state index in [0.717, 1.165) is 16.7 Å². The lowest BCUT2D eigenvalue weighted by molar-refractivity contribution is 0.211. The number of hydrogen-bond donors (Lipinski definition) is 1. The third-order valence-electron chi connectivity index (χ3n) is 3.51. The van der Waals surface area contributed by atoms with Crippen LogP contribution in [0.15, 0.2) is 12.1 Å². The predicted octanol–water partition coefficient (Wildman–Crippen LogP) is 4.83. The summed E-state index contributed by atoms with van der Waals surface area (Å²) in [4.78, 5) is 10.7. The Hall–Kier alpha value is -0.630. The van der Waals surface area contributed by atoms with E-state index in [1.807, 2.05) is 19.1 Å². The van der Waals surface area contributed by atoms with Gasteiger partial charge in [-0.1, -0.05) is 59.2 Å². The molecule has 22 heavy (non-hydrogen) atoms. The monoisotopic (exact) mass is 326 g/mol. The van der Waals surface area contributed by atoms with Crippen LogP contribution in [0.5, 0.6) is 0 Å². The number of hydrogen-bond acceptors (Lipinski definition) is 2. The predicted molar refractivity (Wildman–Crippen MR) is 94.3 cm³/mol. The topological polar surface area (TPSA) is 46.5 Å². The van der Waals surface area contributed by atoms with Crippen LogP contribution in [0.4, 0.5) is 0 Å². The van der Waals surface area contributed by atoms with Gasteiger partial charge in [0.25, 0.3) is 0 Å². The zero-order chi connectivity index (χ0) is 17.5. The average molecular weight is 326 g/mol. The fraction of sp³-hybridized carbons (Fsp3) is 0.667. The van der Waals surface area contributed by atoms with E-state index in [2.05, 4.69) is 41.5 Å². The molecule has 0 saturated heterocycles. The van der Waals surface area contributed by atoms with Gasteiger partial charge in [0.15, 0.2) is 0 Å². The molecule has 0 heterocycles. The van der Waals surface area contributed by atoms with Crippen molar-refractivity contribution in [2.75, 3.05) is 0 Å². The Morgan fingerprint density at radius 2 is 1.36 bits per heavy atom. The molecule has 0 aliphatic rings. The van der Waals surface area contributed by atoms with Gasteiger partial charge in [0.2, 0.25) is 0 Å². The molecule has 0 amide bonds. The fourth-order valence-electron chi connectivity index (χ4n) is 2.57. The maximum absolute atomic E-state index is 13.0. The minimum atomic E-state index is -3.89. The summed E-state index contributed by atoms with van der Waals surface area (Å²) in [6.45, 7) is 18.0. The molecule has 1 unspecified atom stereocenters. The quantitative estimate of drug-likeness (QED) is 0.810. The highest BCUT2D eigenvalue weighted by Crippen LogP contribution is 2.48. The summed E-state index contributed by atoms with van der Waals surface area (Å²) in [5.41, 5.74) is 2.41. The Morgan fingerprint density at radius 3 is 1.64 bits per heavy atom. The summed E-state index contributed by atoms with van der Waals surface area (Å²) in [5.74, 6) is 0. The van der Waals surface area contributed by atoms with Gasteiger partial charge in [-0.3, -0.25) is 4.57 Å². The minimum absolute atomic E-state index is 0.236. The normalized spacial score (nSPS) is 16.0. The van der Waals surface area contributed by atoms with Gasteiger partial charge in [-0.25, -0.2) is 0 Å². The second-order valence-corrected chi connectivity index (χ2v) is 10.1. The standard InChI is InChI=1S/C18H31O3P/c1-12(2)21-22(19,20)16-14(17(4,5)6)10-13(3)11-15(16)18(7,8)9/h10-12H,1-9H3,(H,19,20). The molecular weight excluding hydrogens is 295 g/mol. The molecule has 126 valence electrons. The van der Waals surface area contributed by atoms with Crippen LogP contribution < -0.4 is 5.30 Å². The van der Waals surface area contributed by atoms with E-state index < -0.39 is 7.60 Å². The average Bonchev–Trinajstić information content (AvgIpc) is 2.23. The Balaban J connectivity index is 3.82. The van der Waals surface area contributed by atoms with Gasteiger partial charge in [0.1, 0.15) is 0 Å². The molecular formula is C18H31O3P. The first-order valence-corrected chi connectivity index (χ1v) is 9.41. The third-order valence-corrected chi connectivity index (χ3v) is 5.26. The van der Waals surface area contributed by atoms with Gasteiger partial charge in [-0.15, -0.1) is 0 Å². The molecule has 0 bridgehead atoms. The van der Waals surface area contributed by atoms with Gasteiger partial charge < -0.3 is 9.42 Å². The molecule has 0 spiro atoms. The van der Waals surface area contributed by atoms with Crippen molar-refractivity contribution < 1.29 is 14.0 Å². The second-order valence-electron chi connectivity index (χ2n) is 8.38. The van der Waals surface area contributed by atoms with Crippen LogP contribution >= 0.6 is 7.60 Å². The number of rotatable bonds is 3. The van der Waals surface area contributed by atoms with E-state index in [1.165, 1.54) is 0 Å². The van der Waals surface area contributed by atoms with Crippen LogP contribution in [0.2, 0.25) is 0 Å². The molecule has 1 aromatic rings. The molecule has 1 rings (SSSR count). The summed E-state index contributed by atoms with van der Waals surface area (Å²) >= 11 is 0. The highest BCUT2D eigenvalue weighted by molar-refractivity contribution is 7.61. The van der Waals surface area contributed by atoms with Crippen LogP contribution in [0.3, 0.4) is 0 Å².